The predicted octanol–water partition coefficient (Wildman–Crippen LogP) is 2.55. The van der Waals surface area contributed by atoms with E-state index in [1.807, 2.05) is 0 Å². The molecule has 4 nitrogen and oxygen atoms in total. The Balaban J connectivity index is 2.14. The zero-order valence-electron chi connectivity index (χ0n) is 10.9. The maximum Gasteiger partial charge on any atom is 0.151 e. The quantitative estimate of drug-likeness (QED) is 0.868. The minimum Gasteiger partial charge on any atom is -0.396 e. The molecule has 2 N–H and O–H groups in total. The van der Waals surface area contributed by atoms with Crippen LogP contribution in [0, 0.1) is 17.2 Å². The molecule has 0 radical (unpaired) electrons. The zero-order valence-corrected chi connectivity index (χ0v) is 10.9. The Morgan fingerprint density at radius 3 is 3.00 bits per heavy atom. The lowest BCUT2D eigenvalue weighted by Crippen LogP contribution is -2.26. The molecule has 0 aromatic carbocycles. The van der Waals surface area contributed by atoms with Gasteiger partial charge in [0.2, 0.25) is 0 Å². The minimum atomic E-state index is 0.525. The van der Waals surface area contributed by atoms with Crippen LogP contribution < -0.4 is 10.6 Å². The first-order chi connectivity index (χ1) is 8.74. The Morgan fingerprint density at radius 1 is 1.50 bits per heavy atom. The predicted molar refractivity (Wildman–Crippen MR) is 73.2 cm³/mol. The molecule has 1 aromatic rings. The number of hydrogen-bond acceptors (Lipinski definition) is 4. The molecular weight excluding hydrogens is 224 g/mol. The number of anilines is 2. The maximum absolute atomic E-state index is 8.82. The fourth-order valence-electron chi connectivity index (χ4n) is 2.59. The van der Waals surface area contributed by atoms with Crippen LogP contribution in [0.25, 0.3) is 0 Å². The first kappa shape index (κ1) is 12.7. The van der Waals surface area contributed by atoms with Gasteiger partial charge in [0.05, 0.1) is 11.3 Å². The van der Waals surface area contributed by atoms with Gasteiger partial charge in [-0.2, -0.15) is 5.26 Å². The van der Waals surface area contributed by atoms with Crippen molar-refractivity contribution in [1.82, 2.24) is 4.98 Å². The van der Waals surface area contributed by atoms with Crippen LogP contribution in [0.15, 0.2) is 12.3 Å². The number of nitrogens with two attached hydrogens (primary N) is 1. The third kappa shape index (κ3) is 2.73. The van der Waals surface area contributed by atoms with Crippen LogP contribution in [0.5, 0.6) is 0 Å². The molecule has 1 saturated heterocycles. The molecule has 96 valence electrons. The van der Waals surface area contributed by atoms with Crippen LogP contribution in [0.3, 0.4) is 0 Å². The number of nitriles is 1. The van der Waals surface area contributed by atoms with Gasteiger partial charge >= 0.3 is 0 Å². The number of rotatable bonds is 2. The van der Waals surface area contributed by atoms with E-state index in [1.165, 1.54) is 25.7 Å². The smallest absolute Gasteiger partial charge is 0.151 e. The second-order valence-electron chi connectivity index (χ2n) is 4.94. The molecule has 2 rings (SSSR count). The van der Waals surface area contributed by atoms with E-state index in [2.05, 4.69) is 22.9 Å². The third-order valence-electron chi connectivity index (χ3n) is 3.75. The lowest BCUT2D eigenvalue weighted by atomic mass is 9.98. The van der Waals surface area contributed by atoms with Gasteiger partial charge in [-0.15, -0.1) is 0 Å². The summed E-state index contributed by atoms with van der Waals surface area (Å²) < 4.78 is 0. The van der Waals surface area contributed by atoms with Gasteiger partial charge in [0, 0.05) is 19.3 Å². The highest BCUT2D eigenvalue weighted by molar-refractivity contribution is 5.64. The van der Waals surface area contributed by atoms with Crippen molar-refractivity contribution in [1.29, 1.82) is 5.26 Å². The van der Waals surface area contributed by atoms with Crippen molar-refractivity contribution in [3.05, 3.63) is 17.8 Å². The highest BCUT2D eigenvalue weighted by Gasteiger charge is 2.18. The monoisotopic (exact) mass is 244 g/mol. The Bertz CT molecular complexity index is 450. The van der Waals surface area contributed by atoms with Crippen LogP contribution >= 0.6 is 0 Å². The average molecular weight is 244 g/mol. The standard InChI is InChI=1S/C14H20N4/c1-2-11-4-3-6-18(7-5-11)14-13(16)8-12(9-15)10-17-14/h8,10-11H,2-7,16H2,1H3. The number of hydrogen-bond donors (Lipinski definition) is 1. The molecule has 0 spiro atoms. The van der Waals surface area contributed by atoms with Gasteiger partial charge in [-0.1, -0.05) is 13.3 Å². The average Bonchev–Trinajstić information content (AvgIpc) is 2.63. The van der Waals surface area contributed by atoms with E-state index in [0.29, 0.717) is 11.3 Å². The molecule has 1 atom stereocenters. The summed E-state index contributed by atoms with van der Waals surface area (Å²) in [6.07, 6.45) is 6.55. The first-order valence-corrected chi connectivity index (χ1v) is 6.65. The van der Waals surface area contributed by atoms with Gasteiger partial charge in [-0.05, 0) is 31.2 Å². The van der Waals surface area contributed by atoms with Gasteiger partial charge in [0.15, 0.2) is 5.82 Å². The van der Waals surface area contributed by atoms with E-state index in [-0.39, 0.29) is 0 Å². The molecule has 0 saturated carbocycles. The normalized spacial score (nSPS) is 20.2. The van der Waals surface area contributed by atoms with E-state index in [0.717, 1.165) is 24.8 Å². The van der Waals surface area contributed by atoms with Crippen LogP contribution in [-0.4, -0.2) is 18.1 Å². The van der Waals surface area contributed by atoms with Crippen molar-refractivity contribution in [3.8, 4) is 6.07 Å². The molecule has 0 bridgehead atoms. The van der Waals surface area contributed by atoms with Crippen molar-refractivity contribution < 1.29 is 0 Å². The lowest BCUT2D eigenvalue weighted by Gasteiger charge is -2.23. The summed E-state index contributed by atoms with van der Waals surface area (Å²) in [5, 5.41) is 8.82. The van der Waals surface area contributed by atoms with Crippen molar-refractivity contribution in [2.75, 3.05) is 23.7 Å². The van der Waals surface area contributed by atoms with Gasteiger partial charge in [-0.25, -0.2) is 4.98 Å². The fraction of sp³-hybridized carbons (Fsp3) is 0.571. The second-order valence-corrected chi connectivity index (χ2v) is 4.94. The molecule has 1 aromatic heterocycles. The van der Waals surface area contributed by atoms with Crippen LogP contribution in [0.4, 0.5) is 11.5 Å². The van der Waals surface area contributed by atoms with E-state index < -0.39 is 0 Å². The molecule has 1 unspecified atom stereocenters. The van der Waals surface area contributed by atoms with Crippen LogP contribution in [-0.2, 0) is 0 Å². The summed E-state index contributed by atoms with van der Waals surface area (Å²) in [5.74, 6) is 1.67. The topological polar surface area (TPSA) is 65.9 Å². The Morgan fingerprint density at radius 2 is 2.33 bits per heavy atom. The second kappa shape index (κ2) is 5.72. The summed E-state index contributed by atoms with van der Waals surface area (Å²) in [5.41, 5.74) is 7.13. The summed E-state index contributed by atoms with van der Waals surface area (Å²) in [6.45, 7) is 4.29. The molecule has 1 aliphatic rings. The molecular formula is C14H20N4. The molecule has 1 aliphatic heterocycles. The van der Waals surface area contributed by atoms with Gasteiger partial charge < -0.3 is 10.6 Å². The summed E-state index contributed by atoms with van der Waals surface area (Å²) >= 11 is 0. The highest BCUT2D eigenvalue weighted by Crippen LogP contribution is 2.26. The Hall–Kier alpha value is -1.76. The van der Waals surface area contributed by atoms with Gasteiger partial charge in [0.1, 0.15) is 6.07 Å². The Kier molecular flexibility index (Phi) is 4.03. The van der Waals surface area contributed by atoms with E-state index in [4.69, 9.17) is 11.0 Å². The largest absolute Gasteiger partial charge is 0.396 e. The fourth-order valence-corrected chi connectivity index (χ4v) is 2.59. The van der Waals surface area contributed by atoms with E-state index in [1.54, 1.807) is 12.3 Å². The number of aromatic nitrogens is 1. The zero-order chi connectivity index (χ0) is 13.0. The molecule has 4 heteroatoms. The lowest BCUT2D eigenvalue weighted by molar-refractivity contribution is 0.459. The summed E-state index contributed by atoms with van der Waals surface area (Å²) in [4.78, 5) is 6.60. The molecule has 2 heterocycles. The van der Waals surface area contributed by atoms with E-state index in [9.17, 15) is 0 Å². The SMILES string of the molecule is CCC1CCCN(c2ncc(C#N)cc2N)CC1. The van der Waals surface area contributed by atoms with Crippen molar-refractivity contribution in [2.24, 2.45) is 5.92 Å². The molecule has 18 heavy (non-hydrogen) atoms. The molecule has 0 amide bonds. The van der Waals surface area contributed by atoms with Crippen LogP contribution in [0.2, 0.25) is 0 Å². The minimum absolute atomic E-state index is 0.525. The Labute approximate surface area is 108 Å². The molecule has 1 fully saturated rings. The van der Waals surface area contributed by atoms with Crippen LogP contribution in [0.1, 0.15) is 38.2 Å². The number of nitrogens with zero attached hydrogens (tertiary/aromatic N) is 3. The van der Waals surface area contributed by atoms with Gasteiger partial charge in [-0.3, -0.25) is 0 Å². The number of nitrogen functional groups attached to an aromatic ring is 1. The van der Waals surface area contributed by atoms with E-state index >= 15 is 0 Å². The maximum atomic E-state index is 8.82. The molecule has 0 aliphatic carbocycles. The summed E-state index contributed by atoms with van der Waals surface area (Å²) in [7, 11) is 0. The van der Waals surface area contributed by atoms with Crippen molar-refractivity contribution >= 4 is 11.5 Å². The van der Waals surface area contributed by atoms with Crippen molar-refractivity contribution in [3.63, 3.8) is 0 Å². The third-order valence-corrected chi connectivity index (χ3v) is 3.75. The summed E-state index contributed by atoms with van der Waals surface area (Å²) in [6, 6.07) is 3.78. The highest BCUT2D eigenvalue weighted by atomic mass is 15.2. The van der Waals surface area contributed by atoms with Gasteiger partial charge in [0.25, 0.3) is 0 Å². The number of pyridine rings is 1. The van der Waals surface area contributed by atoms with Crippen molar-refractivity contribution in [2.45, 2.75) is 32.6 Å². The first-order valence-electron chi connectivity index (χ1n) is 6.65.